The molecule has 0 atom stereocenters. The maximum atomic E-state index is 12.1. The lowest BCUT2D eigenvalue weighted by Gasteiger charge is -2.10. The van der Waals surface area contributed by atoms with Crippen molar-refractivity contribution in [2.45, 2.75) is 26.7 Å². The summed E-state index contributed by atoms with van der Waals surface area (Å²) >= 11 is 0. The van der Waals surface area contributed by atoms with Crippen molar-refractivity contribution in [2.75, 3.05) is 17.2 Å². The molecule has 7 heteroatoms. The van der Waals surface area contributed by atoms with Crippen LogP contribution < -0.4 is 15.4 Å². The number of hydrogen-bond donors (Lipinski definition) is 2. The standard InChI is InChI=1S/C26H26N2O5/c1-18-14-19(2)16-23(15-18)33-22-10-8-21(9-11-22)27-24(29)12-13-26(31)32-17-25(30)28-20-6-4-3-5-7-20/h3-11,14-16H,12-13,17H2,1-2H3,(H,27,29)(H,28,30). The predicted molar refractivity (Wildman–Crippen MR) is 126 cm³/mol. The van der Waals surface area contributed by atoms with Gasteiger partial charge < -0.3 is 20.1 Å². The number of aryl methyl sites for hydroxylation is 2. The van der Waals surface area contributed by atoms with E-state index in [2.05, 4.69) is 16.7 Å². The molecule has 2 N–H and O–H groups in total. The first-order valence-corrected chi connectivity index (χ1v) is 10.5. The van der Waals surface area contributed by atoms with Crippen LogP contribution in [0.4, 0.5) is 11.4 Å². The molecule has 2 amide bonds. The predicted octanol–water partition coefficient (Wildman–Crippen LogP) is 5.00. The number of rotatable bonds is 9. The van der Waals surface area contributed by atoms with Gasteiger partial charge in [-0.25, -0.2) is 0 Å². The SMILES string of the molecule is Cc1cc(C)cc(Oc2ccc(NC(=O)CCC(=O)OCC(=O)Nc3ccccc3)cc2)c1. The van der Waals surface area contributed by atoms with E-state index in [4.69, 9.17) is 9.47 Å². The number of carbonyl (C=O) groups excluding carboxylic acids is 3. The van der Waals surface area contributed by atoms with Gasteiger partial charge >= 0.3 is 5.97 Å². The highest BCUT2D eigenvalue weighted by Crippen LogP contribution is 2.25. The number of anilines is 2. The summed E-state index contributed by atoms with van der Waals surface area (Å²) in [7, 11) is 0. The zero-order valence-electron chi connectivity index (χ0n) is 18.6. The summed E-state index contributed by atoms with van der Waals surface area (Å²) in [6, 6.07) is 21.8. The van der Waals surface area contributed by atoms with Gasteiger partial charge in [-0.1, -0.05) is 24.3 Å². The molecule has 0 bridgehead atoms. The van der Waals surface area contributed by atoms with Crippen LogP contribution in [-0.4, -0.2) is 24.4 Å². The second-order valence-electron chi connectivity index (χ2n) is 7.57. The maximum Gasteiger partial charge on any atom is 0.306 e. The smallest absolute Gasteiger partial charge is 0.306 e. The van der Waals surface area contributed by atoms with Gasteiger partial charge in [-0.3, -0.25) is 14.4 Å². The molecule has 0 aliphatic rings. The summed E-state index contributed by atoms with van der Waals surface area (Å²) in [5.41, 5.74) is 3.43. The molecule has 0 heterocycles. The van der Waals surface area contributed by atoms with Crippen LogP contribution in [0.1, 0.15) is 24.0 Å². The molecule has 3 rings (SSSR count). The Morgan fingerprint density at radius 3 is 1.97 bits per heavy atom. The van der Waals surface area contributed by atoms with E-state index in [1.54, 1.807) is 48.5 Å². The second kappa shape index (κ2) is 11.5. The normalized spacial score (nSPS) is 10.2. The molecule has 0 radical (unpaired) electrons. The highest BCUT2D eigenvalue weighted by Gasteiger charge is 2.11. The Morgan fingerprint density at radius 2 is 1.30 bits per heavy atom. The third kappa shape index (κ3) is 8.14. The van der Waals surface area contributed by atoms with Crippen molar-refractivity contribution in [2.24, 2.45) is 0 Å². The van der Waals surface area contributed by atoms with E-state index in [1.165, 1.54) is 0 Å². The first kappa shape index (κ1) is 23.5. The fourth-order valence-electron chi connectivity index (χ4n) is 3.11. The Kier molecular flexibility index (Phi) is 8.18. The Bertz CT molecular complexity index is 1090. The summed E-state index contributed by atoms with van der Waals surface area (Å²) < 4.78 is 10.8. The average Bonchev–Trinajstić information content (AvgIpc) is 2.78. The third-order valence-corrected chi connectivity index (χ3v) is 4.55. The van der Waals surface area contributed by atoms with Gasteiger partial charge in [0, 0.05) is 17.8 Å². The number of para-hydroxylation sites is 1. The summed E-state index contributed by atoms with van der Waals surface area (Å²) in [6.07, 6.45) is -0.182. The first-order valence-electron chi connectivity index (χ1n) is 10.5. The van der Waals surface area contributed by atoms with E-state index in [-0.39, 0.29) is 18.7 Å². The molecule has 0 unspecified atom stereocenters. The van der Waals surface area contributed by atoms with Crippen LogP contribution in [0.25, 0.3) is 0 Å². The van der Waals surface area contributed by atoms with Gasteiger partial charge in [-0.15, -0.1) is 0 Å². The van der Waals surface area contributed by atoms with Gasteiger partial charge in [-0.2, -0.15) is 0 Å². The van der Waals surface area contributed by atoms with Gasteiger partial charge in [0.1, 0.15) is 11.5 Å². The van der Waals surface area contributed by atoms with Crippen LogP contribution in [0.3, 0.4) is 0 Å². The molecule has 170 valence electrons. The fraction of sp³-hybridized carbons (Fsp3) is 0.192. The number of esters is 1. The van der Waals surface area contributed by atoms with Gasteiger partial charge in [0.25, 0.3) is 5.91 Å². The van der Waals surface area contributed by atoms with E-state index >= 15 is 0 Å². The van der Waals surface area contributed by atoms with Gasteiger partial charge in [-0.05, 0) is 73.5 Å². The summed E-state index contributed by atoms with van der Waals surface area (Å²) in [6.45, 7) is 3.61. The average molecular weight is 447 g/mol. The van der Waals surface area contributed by atoms with Crippen molar-refractivity contribution in [3.8, 4) is 11.5 Å². The van der Waals surface area contributed by atoms with Crippen LogP contribution >= 0.6 is 0 Å². The first-order chi connectivity index (χ1) is 15.9. The lowest BCUT2D eigenvalue weighted by molar-refractivity contribution is -0.147. The Hall–Kier alpha value is -4.13. The number of nitrogens with one attached hydrogen (secondary N) is 2. The molecular formula is C26H26N2O5. The van der Waals surface area contributed by atoms with E-state index in [0.717, 1.165) is 16.9 Å². The Balaban J connectivity index is 1.38. The minimum absolute atomic E-state index is 0.0556. The zero-order valence-corrected chi connectivity index (χ0v) is 18.6. The molecule has 0 fully saturated rings. The maximum absolute atomic E-state index is 12.1. The van der Waals surface area contributed by atoms with Crippen LogP contribution in [0.2, 0.25) is 0 Å². The lowest BCUT2D eigenvalue weighted by Crippen LogP contribution is -2.21. The number of carbonyl (C=O) groups is 3. The van der Waals surface area contributed by atoms with E-state index in [0.29, 0.717) is 17.1 Å². The van der Waals surface area contributed by atoms with Gasteiger partial charge in [0.2, 0.25) is 5.91 Å². The fourth-order valence-corrected chi connectivity index (χ4v) is 3.11. The van der Waals surface area contributed by atoms with Gasteiger partial charge in [0.15, 0.2) is 6.61 Å². The van der Waals surface area contributed by atoms with Crippen molar-refractivity contribution in [3.05, 3.63) is 83.9 Å². The second-order valence-corrected chi connectivity index (χ2v) is 7.57. The van der Waals surface area contributed by atoms with Crippen LogP contribution in [0.5, 0.6) is 11.5 Å². The molecule has 3 aromatic carbocycles. The number of hydrogen-bond acceptors (Lipinski definition) is 5. The molecule has 0 spiro atoms. The molecule has 0 aliphatic heterocycles. The summed E-state index contributed by atoms with van der Waals surface area (Å²) in [5, 5.41) is 5.34. The monoisotopic (exact) mass is 446 g/mol. The molecule has 7 nitrogen and oxygen atoms in total. The third-order valence-electron chi connectivity index (χ3n) is 4.55. The lowest BCUT2D eigenvalue weighted by atomic mass is 10.1. The highest BCUT2D eigenvalue weighted by atomic mass is 16.5. The van der Waals surface area contributed by atoms with E-state index in [1.807, 2.05) is 32.0 Å². The molecule has 0 aliphatic carbocycles. The minimum Gasteiger partial charge on any atom is -0.457 e. The minimum atomic E-state index is -0.620. The highest BCUT2D eigenvalue weighted by molar-refractivity contribution is 5.94. The number of benzene rings is 3. The molecule has 33 heavy (non-hydrogen) atoms. The van der Waals surface area contributed by atoms with Crippen molar-refractivity contribution in [1.29, 1.82) is 0 Å². The number of ether oxygens (including phenoxy) is 2. The molecular weight excluding hydrogens is 420 g/mol. The molecule has 0 saturated heterocycles. The van der Waals surface area contributed by atoms with Crippen LogP contribution in [0, 0.1) is 13.8 Å². The Labute approximate surface area is 192 Å². The van der Waals surface area contributed by atoms with Crippen molar-refractivity contribution in [3.63, 3.8) is 0 Å². The Morgan fingerprint density at radius 1 is 0.697 bits per heavy atom. The summed E-state index contributed by atoms with van der Waals surface area (Å²) in [4.78, 5) is 35.7. The van der Waals surface area contributed by atoms with Crippen molar-refractivity contribution >= 4 is 29.2 Å². The van der Waals surface area contributed by atoms with Crippen LogP contribution in [-0.2, 0) is 19.1 Å². The van der Waals surface area contributed by atoms with Gasteiger partial charge in [0.05, 0.1) is 6.42 Å². The molecule has 0 aromatic heterocycles. The molecule has 3 aromatic rings. The zero-order chi connectivity index (χ0) is 23.6. The summed E-state index contributed by atoms with van der Waals surface area (Å²) in [5.74, 6) is 0.00644. The van der Waals surface area contributed by atoms with E-state index < -0.39 is 18.5 Å². The molecule has 0 saturated carbocycles. The van der Waals surface area contributed by atoms with Crippen LogP contribution in [0.15, 0.2) is 72.8 Å². The largest absolute Gasteiger partial charge is 0.457 e. The topological polar surface area (TPSA) is 93.7 Å². The van der Waals surface area contributed by atoms with Crippen molar-refractivity contribution < 1.29 is 23.9 Å². The van der Waals surface area contributed by atoms with Crippen molar-refractivity contribution in [1.82, 2.24) is 0 Å². The quantitative estimate of drug-likeness (QED) is 0.451. The van der Waals surface area contributed by atoms with E-state index in [9.17, 15) is 14.4 Å². The number of amides is 2.